The fourth-order valence-corrected chi connectivity index (χ4v) is 4.06. The molecular formula is C16H32N2. The number of rotatable bonds is 6. The summed E-state index contributed by atoms with van der Waals surface area (Å²) in [7, 11) is 0. The van der Waals surface area contributed by atoms with Crippen molar-refractivity contribution in [3.8, 4) is 0 Å². The molecule has 1 aliphatic carbocycles. The summed E-state index contributed by atoms with van der Waals surface area (Å²) in [6, 6.07) is 1.64. The van der Waals surface area contributed by atoms with E-state index in [4.69, 9.17) is 0 Å². The van der Waals surface area contributed by atoms with Gasteiger partial charge < -0.3 is 10.2 Å². The van der Waals surface area contributed by atoms with E-state index in [-0.39, 0.29) is 0 Å². The maximum Gasteiger partial charge on any atom is 0.0123 e. The normalized spacial score (nSPS) is 31.0. The molecule has 3 atom stereocenters. The van der Waals surface area contributed by atoms with Crippen molar-refractivity contribution >= 4 is 0 Å². The number of nitrogens with one attached hydrogen (secondary N) is 1. The van der Waals surface area contributed by atoms with Gasteiger partial charge in [-0.15, -0.1) is 0 Å². The molecule has 2 nitrogen and oxygen atoms in total. The van der Waals surface area contributed by atoms with E-state index in [9.17, 15) is 0 Å². The molecule has 0 aromatic rings. The third-order valence-corrected chi connectivity index (χ3v) is 4.99. The summed E-state index contributed by atoms with van der Waals surface area (Å²) in [6.07, 6.45) is 11.6. The number of nitrogens with zero attached hydrogens (tertiary/aromatic N) is 1. The summed E-state index contributed by atoms with van der Waals surface area (Å²) in [6.45, 7) is 8.35. The van der Waals surface area contributed by atoms with Gasteiger partial charge in [0.2, 0.25) is 0 Å². The summed E-state index contributed by atoms with van der Waals surface area (Å²) in [4.78, 5) is 2.83. The Bertz CT molecular complexity index is 227. The zero-order valence-corrected chi connectivity index (χ0v) is 12.5. The van der Waals surface area contributed by atoms with Crippen LogP contribution in [-0.4, -0.2) is 36.6 Å². The van der Waals surface area contributed by atoms with Crippen LogP contribution in [0, 0.1) is 5.92 Å². The van der Waals surface area contributed by atoms with E-state index in [1.807, 2.05) is 0 Å². The van der Waals surface area contributed by atoms with Crippen molar-refractivity contribution in [1.82, 2.24) is 10.2 Å². The van der Waals surface area contributed by atoms with Gasteiger partial charge in [-0.05, 0) is 71.0 Å². The predicted octanol–water partition coefficient (Wildman–Crippen LogP) is 3.42. The molecule has 1 saturated carbocycles. The summed E-state index contributed by atoms with van der Waals surface area (Å²) < 4.78 is 0. The van der Waals surface area contributed by atoms with Gasteiger partial charge in [0.05, 0.1) is 0 Å². The average Bonchev–Trinajstić information content (AvgIpc) is 2.39. The minimum atomic E-state index is 0.696. The molecular weight excluding hydrogens is 220 g/mol. The lowest BCUT2D eigenvalue weighted by Gasteiger charge is -2.44. The second-order valence-corrected chi connectivity index (χ2v) is 6.39. The zero-order chi connectivity index (χ0) is 12.8. The van der Waals surface area contributed by atoms with E-state index in [0.717, 1.165) is 18.5 Å². The van der Waals surface area contributed by atoms with Crippen molar-refractivity contribution in [1.29, 1.82) is 0 Å². The topological polar surface area (TPSA) is 15.3 Å². The van der Waals surface area contributed by atoms with Crippen molar-refractivity contribution in [2.45, 2.75) is 77.3 Å². The molecule has 1 saturated heterocycles. The lowest BCUT2D eigenvalue weighted by Crippen LogP contribution is -2.47. The molecule has 0 aromatic carbocycles. The van der Waals surface area contributed by atoms with E-state index in [1.54, 1.807) is 0 Å². The van der Waals surface area contributed by atoms with Gasteiger partial charge in [0.25, 0.3) is 0 Å². The standard InChI is InChI=1S/C16H32N2/c1-3-17-14(2)8-6-12-18-13-7-10-15-9-4-5-11-16(15)18/h14-17H,3-13H2,1-2H3. The predicted molar refractivity (Wildman–Crippen MR) is 78.9 cm³/mol. The number of piperidine rings is 1. The zero-order valence-electron chi connectivity index (χ0n) is 12.5. The van der Waals surface area contributed by atoms with E-state index in [2.05, 4.69) is 24.1 Å². The van der Waals surface area contributed by atoms with Gasteiger partial charge in [0.1, 0.15) is 0 Å². The maximum atomic E-state index is 3.52. The third kappa shape index (κ3) is 3.96. The van der Waals surface area contributed by atoms with Crippen molar-refractivity contribution in [3.63, 3.8) is 0 Å². The minimum absolute atomic E-state index is 0.696. The van der Waals surface area contributed by atoms with Crippen molar-refractivity contribution in [2.24, 2.45) is 5.92 Å². The van der Waals surface area contributed by atoms with Crippen LogP contribution in [0.4, 0.5) is 0 Å². The molecule has 2 rings (SSSR count). The van der Waals surface area contributed by atoms with Crippen LogP contribution in [0.5, 0.6) is 0 Å². The van der Waals surface area contributed by atoms with Crippen LogP contribution >= 0.6 is 0 Å². The fourth-order valence-electron chi connectivity index (χ4n) is 4.06. The highest BCUT2D eigenvalue weighted by molar-refractivity contribution is 4.87. The van der Waals surface area contributed by atoms with Crippen LogP contribution in [0.3, 0.4) is 0 Å². The van der Waals surface area contributed by atoms with Gasteiger partial charge in [-0.3, -0.25) is 0 Å². The van der Waals surface area contributed by atoms with Gasteiger partial charge in [-0.2, -0.15) is 0 Å². The summed E-state index contributed by atoms with van der Waals surface area (Å²) in [5, 5.41) is 3.52. The Kier molecular flexibility index (Phi) is 5.97. The Morgan fingerprint density at radius 3 is 2.78 bits per heavy atom. The van der Waals surface area contributed by atoms with Gasteiger partial charge in [0, 0.05) is 12.1 Å². The molecule has 0 radical (unpaired) electrons. The Morgan fingerprint density at radius 2 is 1.94 bits per heavy atom. The SMILES string of the molecule is CCNC(C)CCCN1CCCC2CCCCC21. The van der Waals surface area contributed by atoms with Crippen LogP contribution in [0.25, 0.3) is 0 Å². The molecule has 0 bridgehead atoms. The fraction of sp³-hybridized carbons (Fsp3) is 1.00. The molecule has 2 aliphatic rings. The molecule has 1 N–H and O–H groups in total. The van der Waals surface area contributed by atoms with Crippen molar-refractivity contribution in [3.05, 3.63) is 0 Å². The first-order chi connectivity index (χ1) is 8.81. The van der Waals surface area contributed by atoms with Crippen LogP contribution in [-0.2, 0) is 0 Å². The Hall–Kier alpha value is -0.0800. The van der Waals surface area contributed by atoms with E-state index in [1.165, 1.54) is 64.5 Å². The van der Waals surface area contributed by atoms with E-state index in [0.29, 0.717) is 6.04 Å². The molecule has 106 valence electrons. The molecule has 0 spiro atoms. The van der Waals surface area contributed by atoms with Crippen LogP contribution in [0.15, 0.2) is 0 Å². The quantitative estimate of drug-likeness (QED) is 0.779. The lowest BCUT2D eigenvalue weighted by molar-refractivity contribution is 0.0591. The number of likely N-dealkylation sites (tertiary alicyclic amines) is 1. The van der Waals surface area contributed by atoms with Crippen LogP contribution in [0.2, 0.25) is 0 Å². The molecule has 2 fully saturated rings. The van der Waals surface area contributed by atoms with Gasteiger partial charge in [-0.1, -0.05) is 19.8 Å². The highest BCUT2D eigenvalue weighted by Crippen LogP contribution is 2.35. The molecule has 3 unspecified atom stereocenters. The van der Waals surface area contributed by atoms with E-state index < -0.39 is 0 Å². The summed E-state index contributed by atoms with van der Waals surface area (Å²) in [5.41, 5.74) is 0. The molecule has 1 heterocycles. The van der Waals surface area contributed by atoms with Gasteiger partial charge in [0.15, 0.2) is 0 Å². The average molecular weight is 252 g/mol. The van der Waals surface area contributed by atoms with Crippen molar-refractivity contribution in [2.75, 3.05) is 19.6 Å². The first kappa shape index (κ1) is 14.3. The van der Waals surface area contributed by atoms with Gasteiger partial charge >= 0.3 is 0 Å². The summed E-state index contributed by atoms with van der Waals surface area (Å²) in [5.74, 6) is 1.04. The van der Waals surface area contributed by atoms with Crippen LogP contribution < -0.4 is 5.32 Å². The maximum absolute atomic E-state index is 3.52. The highest BCUT2D eigenvalue weighted by atomic mass is 15.2. The number of hydrogen-bond donors (Lipinski definition) is 1. The second kappa shape index (κ2) is 7.49. The Morgan fingerprint density at radius 1 is 1.17 bits per heavy atom. The second-order valence-electron chi connectivity index (χ2n) is 6.39. The molecule has 2 heteroatoms. The number of fused-ring (bicyclic) bond motifs is 1. The van der Waals surface area contributed by atoms with Crippen molar-refractivity contribution < 1.29 is 0 Å². The largest absolute Gasteiger partial charge is 0.315 e. The highest BCUT2D eigenvalue weighted by Gasteiger charge is 2.32. The van der Waals surface area contributed by atoms with Crippen LogP contribution in [0.1, 0.15) is 65.2 Å². The van der Waals surface area contributed by atoms with E-state index >= 15 is 0 Å². The molecule has 1 aliphatic heterocycles. The third-order valence-electron chi connectivity index (χ3n) is 4.99. The first-order valence-corrected chi connectivity index (χ1v) is 8.28. The number of hydrogen-bond acceptors (Lipinski definition) is 2. The van der Waals surface area contributed by atoms with Gasteiger partial charge in [-0.25, -0.2) is 0 Å². The minimum Gasteiger partial charge on any atom is -0.315 e. The molecule has 0 amide bonds. The Labute approximate surface area is 114 Å². The smallest absolute Gasteiger partial charge is 0.0123 e. The Balaban J connectivity index is 1.70. The lowest BCUT2D eigenvalue weighted by atomic mass is 9.78. The monoisotopic (exact) mass is 252 g/mol. The molecule has 0 aromatic heterocycles. The molecule has 18 heavy (non-hydrogen) atoms. The first-order valence-electron chi connectivity index (χ1n) is 8.28. The summed E-state index contributed by atoms with van der Waals surface area (Å²) >= 11 is 0.